The Balaban J connectivity index is 1.95. The summed E-state index contributed by atoms with van der Waals surface area (Å²) in [6.07, 6.45) is 6.38. The Labute approximate surface area is 67.2 Å². The van der Waals surface area contributed by atoms with Crippen molar-refractivity contribution in [3.63, 3.8) is 0 Å². The van der Waals surface area contributed by atoms with Crippen molar-refractivity contribution < 1.29 is 4.79 Å². The molecule has 3 saturated carbocycles. The van der Waals surface area contributed by atoms with Gasteiger partial charge in [0.15, 0.2) is 0 Å². The normalized spacial score (nSPS) is 53.6. The zero-order valence-corrected chi connectivity index (χ0v) is 6.75. The first-order valence-corrected chi connectivity index (χ1v) is 4.89. The lowest BCUT2D eigenvalue weighted by molar-refractivity contribution is -0.123. The minimum Gasteiger partial charge on any atom is -0.299 e. The summed E-state index contributed by atoms with van der Waals surface area (Å²) in [5.41, 5.74) is 0. The van der Waals surface area contributed by atoms with Crippen LogP contribution in [-0.2, 0) is 4.79 Å². The van der Waals surface area contributed by atoms with Crippen LogP contribution in [0.2, 0.25) is 0 Å². The fourth-order valence-electron chi connectivity index (χ4n) is 3.79. The van der Waals surface area contributed by atoms with Crippen LogP contribution in [0, 0.1) is 23.7 Å². The van der Waals surface area contributed by atoms with Crippen LogP contribution in [0.4, 0.5) is 0 Å². The lowest BCUT2D eigenvalue weighted by Crippen LogP contribution is -2.23. The number of carbonyl (C=O) groups is 1. The number of carbonyl (C=O) groups excluding carboxylic acids is 1. The highest BCUT2D eigenvalue weighted by atomic mass is 16.1. The minimum atomic E-state index is 0.521. The zero-order valence-electron chi connectivity index (χ0n) is 6.75. The molecular formula is C10H14O. The molecule has 0 aliphatic heterocycles. The Morgan fingerprint density at radius 3 is 2.91 bits per heavy atom. The van der Waals surface area contributed by atoms with E-state index in [0.717, 1.165) is 24.2 Å². The van der Waals surface area contributed by atoms with Crippen LogP contribution in [0.1, 0.15) is 32.1 Å². The molecule has 1 heteroatoms. The van der Waals surface area contributed by atoms with E-state index in [9.17, 15) is 4.79 Å². The van der Waals surface area contributed by atoms with E-state index in [-0.39, 0.29) is 0 Å². The van der Waals surface area contributed by atoms with E-state index in [1.165, 1.54) is 25.7 Å². The Morgan fingerprint density at radius 2 is 2.00 bits per heavy atom. The van der Waals surface area contributed by atoms with Crippen molar-refractivity contribution >= 4 is 5.78 Å². The number of hydrogen-bond donors (Lipinski definition) is 0. The van der Waals surface area contributed by atoms with E-state index in [4.69, 9.17) is 0 Å². The summed E-state index contributed by atoms with van der Waals surface area (Å²) in [6, 6.07) is 0. The van der Waals surface area contributed by atoms with Gasteiger partial charge in [0.25, 0.3) is 0 Å². The molecule has 0 aromatic carbocycles. The average molecular weight is 150 g/mol. The number of Topliss-reactive ketones (excluding diaryl/α,β-unsaturated/α-hetero) is 1. The lowest BCUT2D eigenvalue weighted by Gasteiger charge is -2.22. The number of hydrogen-bond acceptors (Lipinski definition) is 1. The molecule has 60 valence electrons. The van der Waals surface area contributed by atoms with Gasteiger partial charge in [-0.15, -0.1) is 0 Å². The predicted octanol–water partition coefficient (Wildman–Crippen LogP) is 2.01. The molecule has 0 aromatic heterocycles. The third-order valence-electron chi connectivity index (χ3n) is 4.18. The molecule has 3 fully saturated rings. The first-order valence-electron chi connectivity index (χ1n) is 4.89. The highest BCUT2D eigenvalue weighted by Crippen LogP contribution is 2.57. The third-order valence-corrected chi connectivity index (χ3v) is 4.18. The van der Waals surface area contributed by atoms with Crippen LogP contribution in [0.15, 0.2) is 0 Å². The van der Waals surface area contributed by atoms with Crippen LogP contribution in [-0.4, -0.2) is 5.78 Å². The van der Waals surface area contributed by atoms with Crippen molar-refractivity contribution in [3.05, 3.63) is 0 Å². The van der Waals surface area contributed by atoms with Gasteiger partial charge in [-0.25, -0.2) is 0 Å². The first-order chi connectivity index (χ1) is 5.36. The van der Waals surface area contributed by atoms with Gasteiger partial charge in [-0.2, -0.15) is 0 Å². The van der Waals surface area contributed by atoms with Crippen LogP contribution in [0.25, 0.3) is 0 Å². The summed E-state index contributed by atoms with van der Waals surface area (Å²) in [5.74, 6) is 3.74. The number of ketones is 1. The van der Waals surface area contributed by atoms with Gasteiger partial charge in [-0.3, -0.25) is 4.79 Å². The van der Waals surface area contributed by atoms with Crippen molar-refractivity contribution in [3.8, 4) is 0 Å². The highest BCUT2D eigenvalue weighted by molar-refractivity contribution is 5.85. The highest BCUT2D eigenvalue weighted by Gasteiger charge is 2.53. The maximum absolute atomic E-state index is 11.4. The topological polar surface area (TPSA) is 17.1 Å². The van der Waals surface area contributed by atoms with Gasteiger partial charge in [-0.1, -0.05) is 6.42 Å². The average Bonchev–Trinajstić information content (AvgIpc) is 2.52. The van der Waals surface area contributed by atoms with Crippen LogP contribution in [0.3, 0.4) is 0 Å². The number of fused-ring (bicyclic) bond motifs is 5. The summed E-state index contributed by atoms with van der Waals surface area (Å²) in [6.45, 7) is 0. The molecule has 3 aliphatic rings. The molecule has 0 amide bonds. The maximum atomic E-state index is 11.4. The van der Waals surface area contributed by atoms with E-state index in [0.29, 0.717) is 11.7 Å². The zero-order chi connectivity index (χ0) is 7.42. The van der Waals surface area contributed by atoms with Crippen molar-refractivity contribution in [2.45, 2.75) is 32.1 Å². The maximum Gasteiger partial charge on any atom is 0.136 e. The molecule has 0 N–H and O–H groups in total. The molecule has 3 aliphatic carbocycles. The van der Waals surface area contributed by atoms with Crippen molar-refractivity contribution in [1.82, 2.24) is 0 Å². The summed E-state index contributed by atoms with van der Waals surface area (Å²) in [7, 11) is 0. The summed E-state index contributed by atoms with van der Waals surface area (Å²) < 4.78 is 0. The Bertz CT molecular complexity index is 209. The van der Waals surface area contributed by atoms with E-state index in [2.05, 4.69) is 0 Å². The third kappa shape index (κ3) is 0.646. The largest absolute Gasteiger partial charge is 0.299 e. The molecule has 1 nitrogen and oxygen atoms in total. The van der Waals surface area contributed by atoms with Gasteiger partial charge in [0.2, 0.25) is 0 Å². The first kappa shape index (κ1) is 6.22. The van der Waals surface area contributed by atoms with Crippen molar-refractivity contribution in [2.75, 3.05) is 0 Å². The van der Waals surface area contributed by atoms with Gasteiger partial charge >= 0.3 is 0 Å². The smallest absolute Gasteiger partial charge is 0.136 e. The molecular weight excluding hydrogens is 136 g/mol. The molecule has 0 heterocycles. The molecule has 0 spiro atoms. The van der Waals surface area contributed by atoms with Crippen molar-refractivity contribution in [1.29, 1.82) is 0 Å². The molecule has 0 radical (unpaired) electrons. The quantitative estimate of drug-likeness (QED) is 0.516. The SMILES string of the molecule is O=C1C[C@@H]2C[C@H]1C1CCCC12. The lowest BCUT2D eigenvalue weighted by atomic mass is 9.81. The number of rotatable bonds is 0. The predicted molar refractivity (Wildman–Crippen MR) is 42.1 cm³/mol. The van der Waals surface area contributed by atoms with Crippen LogP contribution in [0.5, 0.6) is 0 Å². The van der Waals surface area contributed by atoms with E-state index < -0.39 is 0 Å². The summed E-state index contributed by atoms with van der Waals surface area (Å²) in [5, 5.41) is 0. The molecule has 2 unspecified atom stereocenters. The summed E-state index contributed by atoms with van der Waals surface area (Å²) >= 11 is 0. The summed E-state index contributed by atoms with van der Waals surface area (Å²) in [4.78, 5) is 11.4. The molecule has 0 aromatic rings. The second kappa shape index (κ2) is 1.88. The Hall–Kier alpha value is -0.330. The Morgan fingerprint density at radius 1 is 1.18 bits per heavy atom. The van der Waals surface area contributed by atoms with Crippen molar-refractivity contribution in [2.24, 2.45) is 23.7 Å². The molecule has 0 saturated heterocycles. The van der Waals surface area contributed by atoms with Gasteiger partial charge in [0.1, 0.15) is 5.78 Å². The van der Waals surface area contributed by atoms with Gasteiger partial charge < -0.3 is 0 Å². The van der Waals surface area contributed by atoms with Crippen LogP contribution < -0.4 is 0 Å². The van der Waals surface area contributed by atoms with Gasteiger partial charge in [0, 0.05) is 12.3 Å². The second-order valence-electron chi connectivity index (χ2n) is 4.53. The molecule has 3 rings (SSSR count). The molecule has 11 heavy (non-hydrogen) atoms. The van der Waals surface area contributed by atoms with Gasteiger partial charge in [-0.05, 0) is 37.0 Å². The minimum absolute atomic E-state index is 0.521. The van der Waals surface area contributed by atoms with E-state index >= 15 is 0 Å². The molecule has 2 bridgehead atoms. The standard InChI is InChI=1S/C10H14O/c11-10-5-6-4-9(10)8-3-1-2-7(6)8/h6-9H,1-5H2/t6-,7?,8?,9-/m0/s1. The van der Waals surface area contributed by atoms with E-state index in [1.54, 1.807) is 0 Å². The fourth-order valence-corrected chi connectivity index (χ4v) is 3.79. The monoisotopic (exact) mass is 150 g/mol. The van der Waals surface area contributed by atoms with E-state index in [1.807, 2.05) is 0 Å². The molecule has 4 atom stereocenters. The van der Waals surface area contributed by atoms with Gasteiger partial charge in [0.05, 0.1) is 0 Å². The second-order valence-corrected chi connectivity index (χ2v) is 4.53. The Kier molecular flexibility index (Phi) is 1.06. The fraction of sp³-hybridized carbons (Fsp3) is 0.900. The van der Waals surface area contributed by atoms with Crippen LogP contribution >= 0.6 is 0 Å².